The molecule has 6 heteroatoms. The van der Waals surface area contributed by atoms with Gasteiger partial charge in [-0.2, -0.15) is 9.37 Å². The summed E-state index contributed by atoms with van der Waals surface area (Å²) in [7, 11) is 1.44. The zero-order valence-electron chi connectivity index (χ0n) is 6.24. The van der Waals surface area contributed by atoms with Gasteiger partial charge in [-0.25, -0.2) is 0 Å². The standard InChI is InChI=1S/C6H6FN3O2/c1-8-6-4(10(11)12)2-3-5(7)9-6/h2-3H,1H3,(H,8,9). The first-order chi connectivity index (χ1) is 5.65. The van der Waals surface area contributed by atoms with Crippen molar-refractivity contribution in [1.82, 2.24) is 4.98 Å². The van der Waals surface area contributed by atoms with E-state index in [9.17, 15) is 14.5 Å². The van der Waals surface area contributed by atoms with Crippen molar-refractivity contribution in [2.24, 2.45) is 0 Å². The van der Waals surface area contributed by atoms with Gasteiger partial charge in [0.15, 0.2) is 0 Å². The minimum atomic E-state index is -0.745. The monoisotopic (exact) mass is 171 g/mol. The summed E-state index contributed by atoms with van der Waals surface area (Å²) >= 11 is 0. The lowest BCUT2D eigenvalue weighted by molar-refractivity contribution is -0.384. The molecule has 1 N–H and O–H groups in total. The third kappa shape index (κ3) is 1.47. The highest BCUT2D eigenvalue weighted by molar-refractivity contribution is 5.54. The van der Waals surface area contributed by atoms with Crippen molar-refractivity contribution in [3.05, 3.63) is 28.2 Å². The van der Waals surface area contributed by atoms with E-state index < -0.39 is 10.9 Å². The average Bonchev–Trinajstić information content (AvgIpc) is 2.03. The van der Waals surface area contributed by atoms with Crippen LogP contribution < -0.4 is 5.32 Å². The number of pyridine rings is 1. The van der Waals surface area contributed by atoms with Gasteiger partial charge in [-0.3, -0.25) is 10.1 Å². The van der Waals surface area contributed by atoms with Gasteiger partial charge in [-0.15, -0.1) is 0 Å². The van der Waals surface area contributed by atoms with Crippen LogP contribution in [-0.4, -0.2) is 17.0 Å². The Bertz CT molecular complexity index is 316. The first-order valence-electron chi connectivity index (χ1n) is 3.14. The average molecular weight is 171 g/mol. The van der Waals surface area contributed by atoms with E-state index in [1.165, 1.54) is 7.05 Å². The Balaban J connectivity index is 3.20. The summed E-state index contributed by atoms with van der Waals surface area (Å²) in [6, 6.07) is 2.01. The molecule has 0 spiro atoms. The molecular weight excluding hydrogens is 165 g/mol. The van der Waals surface area contributed by atoms with Crippen LogP contribution in [0.25, 0.3) is 0 Å². The summed E-state index contributed by atoms with van der Waals surface area (Å²) in [5.41, 5.74) is -0.237. The number of hydrogen-bond acceptors (Lipinski definition) is 4. The van der Waals surface area contributed by atoms with Crippen LogP contribution in [0.1, 0.15) is 0 Å². The normalized spacial score (nSPS) is 9.50. The molecule has 1 heterocycles. The van der Waals surface area contributed by atoms with Gasteiger partial charge in [0.05, 0.1) is 4.92 Å². The number of nitrogens with zero attached hydrogens (tertiary/aromatic N) is 2. The van der Waals surface area contributed by atoms with Crippen molar-refractivity contribution >= 4 is 11.5 Å². The van der Waals surface area contributed by atoms with Gasteiger partial charge in [-0.05, 0) is 0 Å². The largest absolute Gasteiger partial charge is 0.367 e. The van der Waals surface area contributed by atoms with Crippen molar-refractivity contribution in [2.45, 2.75) is 0 Å². The first kappa shape index (κ1) is 8.38. The van der Waals surface area contributed by atoms with Crippen LogP contribution in [0.3, 0.4) is 0 Å². The van der Waals surface area contributed by atoms with Crippen molar-refractivity contribution in [2.75, 3.05) is 12.4 Å². The van der Waals surface area contributed by atoms with Crippen LogP contribution in [0.5, 0.6) is 0 Å². The number of halogens is 1. The minimum absolute atomic E-state index is 0.0694. The smallest absolute Gasteiger partial charge is 0.311 e. The van der Waals surface area contributed by atoms with Gasteiger partial charge < -0.3 is 5.32 Å². The van der Waals surface area contributed by atoms with Crippen molar-refractivity contribution in [1.29, 1.82) is 0 Å². The fraction of sp³-hybridized carbons (Fsp3) is 0.167. The Morgan fingerprint density at radius 1 is 1.67 bits per heavy atom. The SMILES string of the molecule is CNc1nc(F)ccc1[N+](=O)[O-]. The third-order valence-electron chi connectivity index (χ3n) is 1.27. The highest BCUT2D eigenvalue weighted by Crippen LogP contribution is 2.20. The zero-order valence-corrected chi connectivity index (χ0v) is 6.24. The number of anilines is 1. The molecule has 0 saturated heterocycles. The third-order valence-corrected chi connectivity index (χ3v) is 1.27. The second kappa shape index (κ2) is 3.12. The predicted octanol–water partition coefficient (Wildman–Crippen LogP) is 1.17. The molecule has 0 aliphatic rings. The topological polar surface area (TPSA) is 68.1 Å². The summed E-state index contributed by atoms with van der Waals surface area (Å²) in [5.74, 6) is -0.815. The summed E-state index contributed by atoms with van der Waals surface area (Å²) in [5, 5.41) is 12.7. The molecule has 0 atom stereocenters. The second-order valence-corrected chi connectivity index (χ2v) is 2.01. The van der Waals surface area contributed by atoms with Crippen LogP contribution in [0.2, 0.25) is 0 Å². The maximum absolute atomic E-state index is 12.4. The molecule has 0 aliphatic heterocycles. The molecule has 0 unspecified atom stereocenters. The van der Waals surface area contributed by atoms with Crippen molar-refractivity contribution < 1.29 is 9.31 Å². The van der Waals surface area contributed by atoms with E-state index in [0.29, 0.717) is 0 Å². The fourth-order valence-corrected chi connectivity index (χ4v) is 0.759. The predicted molar refractivity (Wildman–Crippen MR) is 40.4 cm³/mol. The molecule has 1 aromatic rings. The molecule has 0 aliphatic carbocycles. The lowest BCUT2D eigenvalue weighted by atomic mass is 10.4. The Labute approximate surface area is 67.4 Å². The van der Waals surface area contributed by atoms with E-state index in [1.54, 1.807) is 0 Å². The molecule has 64 valence electrons. The molecule has 12 heavy (non-hydrogen) atoms. The summed E-state index contributed by atoms with van der Waals surface area (Å²) in [4.78, 5) is 13.0. The molecule has 0 aromatic carbocycles. The van der Waals surface area contributed by atoms with E-state index in [0.717, 1.165) is 12.1 Å². The molecule has 0 fully saturated rings. The highest BCUT2D eigenvalue weighted by Gasteiger charge is 2.13. The molecule has 0 saturated carbocycles. The molecule has 1 rings (SSSR count). The van der Waals surface area contributed by atoms with Crippen molar-refractivity contribution in [3.63, 3.8) is 0 Å². The maximum Gasteiger partial charge on any atom is 0.311 e. The van der Waals surface area contributed by atoms with Crippen molar-refractivity contribution in [3.8, 4) is 0 Å². The zero-order chi connectivity index (χ0) is 9.14. The van der Waals surface area contributed by atoms with Gasteiger partial charge in [0.2, 0.25) is 11.8 Å². The molecule has 1 aromatic heterocycles. The molecule has 0 radical (unpaired) electrons. The Kier molecular flexibility index (Phi) is 2.18. The van der Waals surface area contributed by atoms with Gasteiger partial charge in [-0.1, -0.05) is 0 Å². The van der Waals surface area contributed by atoms with Crippen LogP contribution in [-0.2, 0) is 0 Å². The second-order valence-electron chi connectivity index (χ2n) is 2.01. The first-order valence-corrected chi connectivity index (χ1v) is 3.14. The van der Waals surface area contributed by atoms with E-state index >= 15 is 0 Å². The van der Waals surface area contributed by atoms with Gasteiger partial charge >= 0.3 is 5.69 Å². The Morgan fingerprint density at radius 2 is 2.33 bits per heavy atom. The molecule has 0 amide bonds. The summed E-state index contributed by atoms with van der Waals surface area (Å²) < 4.78 is 12.4. The molecular formula is C6H6FN3O2. The van der Waals surface area contributed by atoms with E-state index in [2.05, 4.69) is 10.3 Å². The van der Waals surface area contributed by atoms with Gasteiger partial charge in [0, 0.05) is 19.2 Å². The van der Waals surface area contributed by atoms with Crippen LogP contribution in [0.15, 0.2) is 12.1 Å². The quantitative estimate of drug-likeness (QED) is 0.412. The number of hydrogen-bond donors (Lipinski definition) is 1. The van der Waals surface area contributed by atoms with Crippen LogP contribution in [0.4, 0.5) is 15.9 Å². The fourth-order valence-electron chi connectivity index (χ4n) is 0.759. The number of nitro groups is 1. The lowest BCUT2D eigenvalue weighted by Crippen LogP contribution is -2.00. The number of aromatic nitrogens is 1. The lowest BCUT2D eigenvalue weighted by Gasteiger charge is -1.98. The van der Waals surface area contributed by atoms with Gasteiger partial charge in [0.25, 0.3) is 0 Å². The maximum atomic E-state index is 12.4. The molecule has 5 nitrogen and oxygen atoms in total. The Hall–Kier alpha value is -1.72. The minimum Gasteiger partial charge on any atom is -0.367 e. The van der Waals surface area contributed by atoms with E-state index in [4.69, 9.17) is 0 Å². The van der Waals surface area contributed by atoms with Gasteiger partial charge in [0.1, 0.15) is 0 Å². The molecule has 0 bridgehead atoms. The van der Waals surface area contributed by atoms with Crippen LogP contribution >= 0.6 is 0 Å². The summed E-state index contributed by atoms with van der Waals surface area (Å²) in [6.07, 6.45) is 0. The summed E-state index contributed by atoms with van der Waals surface area (Å²) in [6.45, 7) is 0. The van der Waals surface area contributed by atoms with E-state index in [-0.39, 0.29) is 11.5 Å². The Morgan fingerprint density at radius 3 is 2.83 bits per heavy atom. The van der Waals surface area contributed by atoms with Crippen LogP contribution in [0, 0.1) is 16.1 Å². The van der Waals surface area contributed by atoms with E-state index in [1.807, 2.05) is 0 Å². The number of rotatable bonds is 2. The number of nitrogens with one attached hydrogen (secondary N) is 1. The highest BCUT2D eigenvalue weighted by atomic mass is 19.1.